The summed E-state index contributed by atoms with van der Waals surface area (Å²) in [6.07, 6.45) is 1.16. The van der Waals surface area contributed by atoms with Crippen LogP contribution < -0.4 is 0 Å². The van der Waals surface area contributed by atoms with E-state index in [4.69, 9.17) is 5.11 Å². The molecule has 2 nitrogen and oxygen atoms in total. The van der Waals surface area contributed by atoms with Gasteiger partial charge in [-0.15, -0.1) is 0 Å². The lowest BCUT2D eigenvalue weighted by Gasteiger charge is -2.26. The van der Waals surface area contributed by atoms with Crippen LogP contribution >= 0.6 is 0 Å². The first-order valence-corrected chi connectivity index (χ1v) is 6.60. The van der Waals surface area contributed by atoms with E-state index in [-0.39, 0.29) is 6.61 Å². The van der Waals surface area contributed by atoms with E-state index in [1.807, 2.05) is 18.2 Å². The molecule has 2 heteroatoms. The monoisotopic (exact) mass is 245 g/mol. The van der Waals surface area contributed by atoms with Gasteiger partial charge in [0.25, 0.3) is 0 Å². The molecule has 0 saturated heterocycles. The maximum Gasteiger partial charge on any atom is 0.104 e. The van der Waals surface area contributed by atoms with Crippen molar-refractivity contribution in [1.82, 2.24) is 4.90 Å². The Morgan fingerprint density at radius 3 is 2.61 bits per heavy atom. The summed E-state index contributed by atoms with van der Waals surface area (Å²) < 4.78 is 0. The molecule has 0 heterocycles. The van der Waals surface area contributed by atoms with Crippen LogP contribution in [0.5, 0.6) is 0 Å². The molecule has 0 bridgehead atoms. The predicted molar refractivity (Wildman–Crippen MR) is 76.2 cm³/mol. The molecule has 0 aliphatic carbocycles. The average Bonchev–Trinajstić information content (AvgIpc) is 2.37. The number of aliphatic hydroxyl groups is 1. The SMILES string of the molecule is CCCN(Cc1ccccc1C#CCO)C(C)C. The second-order valence-corrected chi connectivity index (χ2v) is 4.68. The Morgan fingerprint density at radius 1 is 1.28 bits per heavy atom. The third-order valence-corrected chi connectivity index (χ3v) is 2.93. The first kappa shape index (κ1) is 14.8. The van der Waals surface area contributed by atoms with Crippen molar-refractivity contribution in [2.75, 3.05) is 13.2 Å². The molecule has 0 aromatic heterocycles. The zero-order valence-corrected chi connectivity index (χ0v) is 11.6. The molecule has 0 saturated carbocycles. The molecule has 0 fully saturated rings. The molecule has 0 amide bonds. The zero-order chi connectivity index (χ0) is 13.4. The van der Waals surface area contributed by atoms with Gasteiger partial charge in [-0.25, -0.2) is 0 Å². The lowest BCUT2D eigenvalue weighted by molar-refractivity contribution is 0.213. The summed E-state index contributed by atoms with van der Waals surface area (Å²) >= 11 is 0. The average molecular weight is 245 g/mol. The first-order valence-electron chi connectivity index (χ1n) is 6.60. The molecule has 0 spiro atoms. The second-order valence-electron chi connectivity index (χ2n) is 4.68. The minimum absolute atomic E-state index is 0.0861. The van der Waals surface area contributed by atoms with Crippen LogP contribution in [0.25, 0.3) is 0 Å². The highest BCUT2D eigenvalue weighted by Gasteiger charge is 2.10. The van der Waals surface area contributed by atoms with Gasteiger partial charge >= 0.3 is 0 Å². The molecule has 0 aliphatic rings. The van der Waals surface area contributed by atoms with Gasteiger partial charge < -0.3 is 5.11 Å². The number of hydrogen-bond donors (Lipinski definition) is 1. The van der Waals surface area contributed by atoms with Gasteiger partial charge in [-0.3, -0.25) is 4.90 Å². The summed E-state index contributed by atoms with van der Waals surface area (Å²) in [4.78, 5) is 2.44. The van der Waals surface area contributed by atoms with Crippen molar-refractivity contribution in [2.24, 2.45) is 0 Å². The lowest BCUT2D eigenvalue weighted by Crippen LogP contribution is -2.31. The molecule has 1 aromatic rings. The van der Waals surface area contributed by atoms with Crippen LogP contribution in [-0.4, -0.2) is 29.2 Å². The molecule has 0 unspecified atom stereocenters. The van der Waals surface area contributed by atoms with Gasteiger partial charge in [0.15, 0.2) is 0 Å². The molecular formula is C16H23NO. The Kier molecular flexibility index (Phi) is 6.49. The van der Waals surface area contributed by atoms with Gasteiger partial charge in [-0.1, -0.05) is 37.0 Å². The largest absolute Gasteiger partial charge is 0.384 e. The smallest absolute Gasteiger partial charge is 0.104 e. The summed E-state index contributed by atoms with van der Waals surface area (Å²) in [5.74, 6) is 5.75. The topological polar surface area (TPSA) is 23.5 Å². The van der Waals surface area contributed by atoms with Crippen molar-refractivity contribution >= 4 is 0 Å². The van der Waals surface area contributed by atoms with E-state index in [9.17, 15) is 0 Å². The van der Waals surface area contributed by atoms with Crippen LogP contribution in [0.1, 0.15) is 38.3 Å². The van der Waals surface area contributed by atoms with E-state index in [2.05, 4.69) is 43.6 Å². The Balaban J connectivity index is 2.88. The van der Waals surface area contributed by atoms with E-state index in [1.54, 1.807) is 0 Å². The van der Waals surface area contributed by atoms with Gasteiger partial charge in [0.1, 0.15) is 6.61 Å². The molecule has 98 valence electrons. The number of rotatable bonds is 5. The summed E-state index contributed by atoms with van der Waals surface area (Å²) in [6.45, 7) is 8.57. The normalized spacial score (nSPS) is 10.6. The van der Waals surface area contributed by atoms with E-state index in [1.165, 1.54) is 5.56 Å². The number of hydrogen-bond acceptors (Lipinski definition) is 2. The lowest BCUT2D eigenvalue weighted by atomic mass is 10.1. The molecular weight excluding hydrogens is 222 g/mol. The van der Waals surface area contributed by atoms with E-state index in [0.717, 1.165) is 25.1 Å². The fourth-order valence-electron chi connectivity index (χ4n) is 1.94. The quantitative estimate of drug-likeness (QED) is 0.806. The molecule has 18 heavy (non-hydrogen) atoms. The highest BCUT2D eigenvalue weighted by molar-refractivity contribution is 5.41. The highest BCUT2D eigenvalue weighted by atomic mass is 16.2. The van der Waals surface area contributed by atoms with E-state index < -0.39 is 0 Å². The highest BCUT2D eigenvalue weighted by Crippen LogP contribution is 2.13. The third kappa shape index (κ3) is 4.52. The minimum atomic E-state index is -0.0861. The second kappa shape index (κ2) is 7.92. The number of aliphatic hydroxyl groups excluding tert-OH is 1. The standard InChI is InChI=1S/C16H23NO/c1-4-11-17(14(2)3)13-16-9-6-5-8-15(16)10-7-12-18/h5-6,8-9,14,18H,4,11-13H2,1-3H3. The Hall–Kier alpha value is -1.30. The van der Waals surface area contributed by atoms with Crippen LogP contribution in [-0.2, 0) is 6.54 Å². The first-order chi connectivity index (χ1) is 8.69. The van der Waals surface area contributed by atoms with Crippen LogP contribution in [0.3, 0.4) is 0 Å². The van der Waals surface area contributed by atoms with Crippen molar-refractivity contribution < 1.29 is 5.11 Å². The molecule has 0 atom stereocenters. The zero-order valence-electron chi connectivity index (χ0n) is 11.6. The predicted octanol–water partition coefficient (Wildman–Crippen LogP) is 2.65. The molecule has 1 rings (SSSR count). The van der Waals surface area contributed by atoms with Crippen LogP contribution in [0.15, 0.2) is 24.3 Å². The van der Waals surface area contributed by atoms with Gasteiger partial charge in [-0.05, 0) is 38.4 Å². The maximum atomic E-state index is 8.79. The Bertz CT molecular complexity index is 415. The van der Waals surface area contributed by atoms with Gasteiger partial charge in [0.2, 0.25) is 0 Å². The summed E-state index contributed by atoms with van der Waals surface area (Å²) in [6, 6.07) is 8.70. The van der Waals surface area contributed by atoms with Crippen molar-refractivity contribution in [3.8, 4) is 11.8 Å². The van der Waals surface area contributed by atoms with Crippen LogP contribution in [0, 0.1) is 11.8 Å². The number of benzene rings is 1. The van der Waals surface area contributed by atoms with Gasteiger partial charge in [0.05, 0.1) is 0 Å². The number of nitrogens with zero attached hydrogens (tertiary/aromatic N) is 1. The van der Waals surface area contributed by atoms with Crippen LogP contribution in [0.4, 0.5) is 0 Å². The van der Waals surface area contributed by atoms with Crippen molar-refractivity contribution in [1.29, 1.82) is 0 Å². The summed E-state index contributed by atoms with van der Waals surface area (Å²) in [5, 5.41) is 8.79. The summed E-state index contributed by atoms with van der Waals surface area (Å²) in [7, 11) is 0. The summed E-state index contributed by atoms with van der Waals surface area (Å²) in [5.41, 5.74) is 2.26. The Morgan fingerprint density at radius 2 is 2.00 bits per heavy atom. The maximum absolute atomic E-state index is 8.79. The van der Waals surface area contributed by atoms with Gasteiger partial charge in [0, 0.05) is 18.2 Å². The molecule has 0 aliphatic heterocycles. The fraction of sp³-hybridized carbons (Fsp3) is 0.500. The minimum Gasteiger partial charge on any atom is -0.384 e. The molecule has 0 radical (unpaired) electrons. The Labute approximate surface area is 111 Å². The van der Waals surface area contributed by atoms with Gasteiger partial charge in [-0.2, -0.15) is 0 Å². The van der Waals surface area contributed by atoms with Crippen LogP contribution in [0.2, 0.25) is 0 Å². The third-order valence-electron chi connectivity index (χ3n) is 2.93. The molecule has 1 N–H and O–H groups in total. The van der Waals surface area contributed by atoms with Crippen molar-refractivity contribution in [2.45, 2.75) is 39.8 Å². The van der Waals surface area contributed by atoms with E-state index >= 15 is 0 Å². The van der Waals surface area contributed by atoms with Crippen molar-refractivity contribution in [3.63, 3.8) is 0 Å². The fourth-order valence-corrected chi connectivity index (χ4v) is 1.94. The van der Waals surface area contributed by atoms with Crippen molar-refractivity contribution in [3.05, 3.63) is 35.4 Å². The molecule has 1 aromatic carbocycles. The van der Waals surface area contributed by atoms with E-state index in [0.29, 0.717) is 6.04 Å².